The van der Waals surface area contributed by atoms with Crippen molar-refractivity contribution in [3.05, 3.63) is 63.0 Å². The van der Waals surface area contributed by atoms with Crippen LogP contribution in [-0.2, 0) is 4.79 Å². The molecular formula is C25H26N2O4S2. The van der Waals surface area contributed by atoms with Crippen molar-refractivity contribution in [2.45, 2.75) is 44.2 Å². The van der Waals surface area contributed by atoms with Crippen LogP contribution in [0.1, 0.15) is 52.7 Å². The molecule has 2 amide bonds. The monoisotopic (exact) mass is 482 g/mol. The molecule has 0 bridgehead atoms. The average molecular weight is 483 g/mol. The molecule has 3 aromatic rings. The molecule has 2 aromatic heterocycles. The molecule has 2 aliphatic rings. The Bertz CT molecular complexity index is 1090. The predicted octanol–water partition coefficient (Wildman–Crippen LogP) is 5.42. The van der Waals surface area contributed by atoms with Gasteiger partial charge in [0.1, 0.15) is 13.2 Å². The predicted molar refractivity (Wildman–Crippen MR) is 131 cm³/mol. The molecule has 172 valence electrons. The molecule has 1 aliphatic heterocycles. The van der Waals surface area contributed by atoms with Crippen LogP contribution in [-0.4, -0.2) is 31.1 Å². The first-order valence-corrected chi connectivity index (χ1v) is 13.1. The van der Waals surface area contributed by atoms with Crippen molar-refractivity contribution in [3.8, 4) is 11.5 Å². The Morgan fingerprint density at radius 1 is 0.939 bits per heavy atom. The zero-order valence-electron chi connectivity index (χ0n) is 18.2. The van der Waals surface area contributed by atoms with Gasteiger partial charge >= 0.3 is 0 Å². The van der Waals surface area contributed by atoms with Crippen LogP contribution in [0.25, 0.3) is 0 Å². The number of carbonyl (C=O) groups excluding carboxylic acids is 2. The number of amides is 2. The van der Waals surface area contributed by atoms with E-state index in [1.54, 1.807) is 17.0 Å². The van der Waals surface area contributed by atoms with E-state index >= 15 is 0 Å². The van der Waals surface area contributed by atoms with Crippen molar-refractivity contribution in [3.63, 3.8) is 0 Å². The molecule has 0 saturated heterocycles. The summed E-state index contributed by atoms with van der Waals surface area (Å²) in [6.07, 6.45) is 5.40. The number of fused-ring (bicyclic) bond motifs is 1. The van der Waals surface area contributed by atoms with Crippen LogP contribution in [0.4, 0.5) is 5.69 Å². The van der Waals surface area contributed by atoms with Crippen molar-refractivity contribution in [1.29, 1.82) is 0 Å². The summed E-state index contributed by atoms with van der Waals surface area (Å²) in [5.41, 5.74) is 0.606. The van der Waals surface area contributed by atoms with Crippen molar-refractivity contribution >= 4 is 40.2 Å². The minimum atomic E-state index is -0.774. The number of hydrogen-bond acceptors (Lipinski definition) is 6. The molecule has 1 aliphatic carbocycles. The SMILES string of the molecule is O=C(NC1CCCCC1)C(c1cccs1)N(C(=O)c1cccs1)c1ccc2c(c1)OCCO2. The number of rotatable bonds is 6. The molecule has 1 saturated carbocycles. The Balaban J connectivity index is 1.56. The van der Waals surface area contributed by atoms with E-state index < -0.39 is 6.04 Å². The van der Waals surface area contributed by atoms with Gasteiger partial charge in [0.2, 0.25) is 5.91 Å². The summed E-state index contributed by atoms with van der Waals surface area (Å²) in [5.74, 6) is 0.871. The molecule has 0 spiro atoms. The molecular weight excluding hydrogens is 456 g/mol. The molecule has 1 aromatic carbocycles. The van der Waals surface area contributed by atoms with Gasteiger partial charge in [-0.15, -0.1) is 22.7 Å². The molecule has 1 atom stereocenters. The maximum Gasteiger partial charge on any atom is 0.269 e. The molecule has 8 heteroatoms. The minimum absolute atomic E-state index is 0.146. The highest BCUT2D eigenvalue weighted by molar-refractivity contribution is 7.12. The number of ether oxygens (including phenoxy) is 2. The Hall–Kier alpha value is -2.84. The van der Waals surface area contributed by atoms with Gasteiger partial charge < -0.3 is 14.8 Å². The third kappa shape index (κ3) is 4.77. The average Bonchev–Trinajstić information content (AvgIpc) is 3.57. The second-order valence-electron chi connectivity index (χ2n) is 8.24. The standard InChI is InChI=1S/C25H26N2O4S2/c28-24(26-17-6-2-1-3-7-17)23(21-8-4-14-32-21)27(25(29)22-9-5-15-33-22)18-10-11-19-20(16-18)31-13-12-30-19/h4-5,8-11,14-17,23H,1-3,6-7,12-13H2,(H,26,28). The molecule has 5 rings (SSSR count). The summed E-state index contributed by atoms with van der Waals surface area (Å²) < 4.78 is 11.4. The third-order valence-electron chi connectivity index (χ3n) is 6.03. The van der Waals surface area contributed by atoms with Crippen molar-refractivity contribution in [2.24, 2.45) is 0 Å². The summed E-state index contributed by atoms with van der Waals surface area (Å²) in [4.78, 5) is 30.5. The number of nitrogens with zero attached hydrogens (tertiary/aromatic N) is 1. The van der Waals surface area contributed by atoms with Crippen LogP contribution in [0.5, 0.6) is 11.5 Å². The van der Waals surface area contributed by atoms with E-state index in [1.165, 1.54) is 29.1 Å². The van der Waals surface area contributed by atoms with Crippen LogP contribution in [0.2, 0.25) is 0 Å². The molecule has 33 heavy (non-hydrogen) atoms. The Labute approximate surface area is 201 Å². The van der Waals surface area contributed by atoms with Crippen molar-refractivity contribution < 1.29 is 19.1 Å². The van der Waals surface area contributed by atoms with Crippen LogP contribution in [0, 0.1) is 0 Å². The molecule has 1 N–H and O–H groups in total. The third-order valence-corrected chi connectivity index (χ3v) is 7.81. The minimum Gasteiger partial charge on any atom is -0.486 e. The lowest BCUT2D eigenvalue weighted by molar-refractivity contribution is -0.123. The van der Waals surface area contributed by atoms with E-state index in [1.807, 2.05) is 41.1 Å². The van der Waals surface area contributed by atoms with Crippen molar-refractivity contribution in [2.75, 3.05) is 18.1 Å². The van der Waals surface area contributed by atoms with Crippen LogP contribution in [0.3, 0.4) is 0 Å². The highest BCUT2D eigenvalue weighted by Crippen LogP contribution is 2.39. The Morgan fingerprint density at radius 3 is 2.42 bits per heavy atom. The smallest absolute Gasteiger partial charge is 0.269 e. The lowest BCUT2D eigenvalue weighted by Gasteiger charge is -2.33. The highest BCUT2D eigenvalue weighted by Gasteiger charge is 2.36. The van der Waals surface area contributed by atoms with E-state index in [2.05, 4.69) is 5.32 Å². The number of thiophene rings is 2. The van der Waals surface area contributed by atoms with Gasteiger partial charge in [0.15, 0.2) is 17.5 Å². The number of anilines is 1. The van der Waals surface area contributed by atoms with Gasteiger partial charge in [-0.2, -0.15) is 0 Å². The fourth-order valence-electron chi connectivity index (χ4n) is 4.43. The van der Waals surface area contributed by atoms with Gasteiger partial charge in [0.05, 0.1) is 4.88 Å². The number of carbonyl (C=O) groups is 2. The summed E-state index contributed by atoms with van der Waals surface area (Å²) >= 11 is 2.85. The van der Waals surface area contributed by atoms with Gasteiger partial charge in [-0.05, 0) is 47.9 Å². The number of benzene rings is 1. The lowest BCUT2D eigenvalue weighted by atomic mass is 9.95. The fraction of sp³-hybridized carbons (Fsp3) is 0.360. The largest absolute Gasteiger partial charge is 0.486 e. The topological polar surface area (TPSA) is 67.9 Å². The summed E-state index contributed by atoms with van der Waals surface area (Å²) in [5, 5.41) is 7.05. The normalized spacial score (nSPS) is 16.7. The van der Waals surface area contributed by atoms with Crippen LogP contribution in [0.15, 0.2) is 53.2 Å². The molecule has 1 fully saturated rings. The van der Waals surface area contributed by atoms with Gasteiger partial charge in [-0.3, -0.25) is 14.5 Å². The van der Waals surface area contributed by atoms with Crippen LogP contribution < -0.4 is 19.7 Å². The molecule has 6 nitrogen and oxygen atoms in total. The van der Waals surface area contributed by atoms with Gasteiger partial charge in [-0.1, -0.05) is 31.4 Å². The number of nitrogens with one attached hydrogen (secondary N) is 1. The van der Waals surface area contributed by atoms with Gasteiger partial charge in [0.25, 0.3) is 5.91 Å². The van der Waals surface area contributed by atoms with Gasteiger partial charge in [0, 0.05) is 22.7 Å². The maximum atomic E-state index is 13.8. The van der Waals surface area contributed by atoms with Crippen LogP contribution >= 0.6 is 22.7 Å². The number of hydrogen-bond donors (Lipinski definition) is 1. The Morgan fingerprint density at radius 2 is 1.70 bits per heavy atom. The zero-order valence-corrected chi connectivity index (χ0v) is 19.8. The van der Waals surface area contributed by atoms with E-state index in [-0.39, 0.29) is 17.9 Å². The van der Waals surface area contributed by atoms with Gasteiger partial charge in [-0.25, -0.2) is 0 Å². The molecule has 0 radical (unpaired) electrons. The van der Waals surface area contributed by atoms with E-state index in [4.69, 9.17) is 9.47 Å². The molecule has 1 unspecified atom stereocenters. The summed E-state index contributed by atoms with van der Waals surface area (Å²) in [7, 11) is 0. The first-order valence-electron chi connectivity index (χ1n) is 11.3. The lowest BCUT2D eigenvalue weighted by Crippen LogP contribution is -2.47. The first-order chi connectivity index (χ1) is 16.2. The second kappa shape index (κ2) is 9.97. The fourth-order valence-corrected chi connectivity index (χ4v) is 5.90. The summed E-state index contributed by atoms with van der Waals surface area (Å²) in [6.45, 7) is 0.942. The van der Waals surface area contributed by atoms with E-state index in [0.29, 0.717) is 35.3 Å². The Kier molecular flexibility index (Phi) is 6.64. The zero-order chi connectivity index (χ0) is 22.6. The van der Waals surface area contributed by atoms with E-state index in [9.17, 15) is 9.59 Å². The summed E-state index contributed by atoms with van der Waals surface area (Å²) in [6, 6.07) is 12.3. The first kappa shape index (κ1) is 22.0. The van der Waals surface area contributed by atoms with Crippen molar-refractivity contribution in [1.82, 2.24) is 5.32 Å². The van der Waals surface area contributed by atoms with E-state index in [0.717, 1.165) is 30.6 Å². The maximum absolute atomic E-state index is 13.8. The molecule has 3 heterocycles. The second-order valence-corrected chi connectivity index (χ2v) is 10.2. The quantitative estimate of drug-likeness (QED) is 0.510. The highest BCUT2D eigenvalue weighted by atomic mass is 32.1.